The van der Waals surface area contributed by atoms with Gasteiger partial charge in [-0.15, -0.1) is 0 Å². The maximum atomic E-state index is 15.0. The number of benzene rings is 1. The Kier molecular flexibility index (Phi) is 5.54. The monoisotopic (exact) mass is 437 g/mol. The van der Waals surface area contributed by atoms with Crippen LogP contribution in [0, 0.1) is 5.82 Å². The lowest BCUT2D eigenvalue weighted by molar-refractivity contribution is 0.182. The summed E-state index contributed by atoms with van der Waals surface area (Å²) in [6, 6.07) is 5.16. The molecule has 1 aliphatic rings. The fourth-order valence-corrected chi connectivity index (χ4v) is 4.04. The molecule has 5 rings (SSSR count). The zero-order valence-corrected chi connectivity index (χ0v) is 17.6. The number of aliphatic hydroxyl groups excluding tert-OH is 1. The van der Waals surface area contributed by atoms with E-state index in [1.807, 2.05) is 6.07 Å². The van der Waals surface area contributed by atoms with E-state index in [4.69, 9.17) is 4.74 Å². The summed E-state index contributed by atoms with van der Waals surface area (Å²) in [5, 5.41) is 17.3. The average molecular weight is 437 g/mol. The highest BCUT2D eigenvalue weighted by molar-refractivity contribution is 5.74. The number of aliphatic hydroxyl groups is 1. The lowest BCUT2D eigenvalue weighted by Gasteiger charge is -2.12. The molecule has 1 fully saturated rings. The number of fused-ring (bicyclic) bond motifs is 1. The number of hydrogen-bond acceptors (Lipinski definition) is 7. The topological polar surface area (TPSA) is 103 Å². The van der Waals surface area contributed by atoms with E-state index in [1.165, 1.54) is 6.07 Å². The van der Waals surface area contributed by atoms with Crippen LogP contribution in [0.1, 0.15) is 19.3 Å². The standard InChI is InChI=1S/C22H24FN7O2/c1-32-7-6-29-12-14(10-26-29)18-5-3-16(9-19(18)23)30-13-25-20-11-24-22(28-21(20)30)27-15-2-4-17(31)8-15/h3,5,9-13,15,17,31H,2,4,6-8H2,1H3,(H,24,27,28)/t15-,17-/m0/s1. The van der Waals surface area contributed by atoms with Gasteiger partial charge in [-0.05, 0) is 37.5 Å². The molecule has 4 aromatic rings. The molecule has 1 aliphatic carbocycles. The number of nitrogens with one attached hydrogen (secondary N) is 1. The van der Waals surface area contributed by atoms with Gasteiger partial charge in [-0.1, -0.05) is 0 Å². The van der Waals surface area contributed by atoms with Gasteiger partial charge in [0.25, 0.3) is 0 Å². The second kappa shape index (κ2) is 8.64. The van der Waals surface area contributed by atoms with Gasteiger partial charge in [-0.3, -0.25) is 9.25 Å². The number of rotatable bonds is 7. The summed E-state index contributed by atoms with van der Waals surface area (Å²) in [6.07, 6.45) is 8.74. The smallest absolute Gasteiger partial charge is 0.224 e. The Morgan fingerprint density at radius 3 is 2.94 bits per heavy atom. The minimum atomic E-state index is -0.358. The molecule has 166 valence electrons. The maximum Gasteiger partial charge on any atom is 0.224 e. The Morgan fingerprint density at radius 2 is 2.16 bits per heavy atom. The molecule has 0 unspecified atom stereocenters. The van der Waals surface area contributed by atoms with E-state index in [9.17, 15) is 5.11 Å². The van der Waals surface area contributed by atoms with Crippen LogP contribution in [0.2, 0.25) is 0 Å². The summed E-state index contributed by atoms with van der Waals surface area (Å²) in [6.45, 7) is 1.14. The number of imidazole rings is 1. The molecule has 9 nitrogen and oxygen atoms in total. The third-order valence-corrected chi connectivity index (χ3v) is 5.73. The number of hydrogen-bond donors (Lipinski definition) is 2. The van der Waals surface area contributed by atoms with Gasteiger partial charge in [0.15, 0.2) is 5.65 Å². The molecule has 1 aromatic carbocycles. The summed E-state index contributed by atoms with van der Waals surface area (Å²) in [5.41, 5.74) is 2.99. The van der Waals surface area contributed by atoms with Crippen LogP contribution < -0.4 is 5.32 Å². The zero-order chi connectivity index (χ0) is 22.1. The van der Waals surface area contributed by atoms with Crippen LogP contribution in [0.25, 0.3) is 28.0 Å². The minimum absolute atomic E-state index is 0.139. The Labute approximate surface area is 183 Å². The van der Waals surface area contributed by atoms with Crippen LogP contribution in [0.5, 0.6) is 0 Å². The highest BCUT2D eigenvalue weighted by atomic mass is 19.1. The van der Waals surface area contributed by atoms with Crippen molar-refractivity contribution in [1.82, 2.24) is 29.3 Å². The highest BCUT2D eigenvalue weighted by Gasteiger charge is 2.23. The van der Waals surface area contributed by atoms with Crippen molar-refractivity contribution >= 4 is 17.1 Å². The van der Waals surface area contributed by atoms with Crippen molar-refractivity contribution in [3.8, 4) is 16.8 Å². The van der Waals surface area contributed by atoms with Crippen molar-refractivity contribution in [2.45, 2.75) is 38.0 Å². The number of halogens is 1. The Hall–Kier alpha value is -3.37. The van der Waals surface area contributed by atoms with Crippen LogP contribution in [-0.2, 0) is 11.3 Å². The second-order valence-electron chi connectivity index (χ2n) is 7.97. The molecule has 3 aromatic heterocycles. The molecule has 0 amide bonds. The quantitative estimate of drug-likeness (QED) is 0.458. The summed E-state index contributed by atoms with van der Waals surface area (Å²) >= 11 is 0. The van der Waals surface area contributed by atoms with Crippen molar-refractivity contribution in [2.24, 2.45) is 0 Å². The predicted octanol–water partition coefficient (Wildman–Crippen LogP) is 2.79. The molecule has 0 radical (unpaired) electrons. The van der Waals surface area contributed by atoms with Gasteiger partial charge >= 0.3 is 0 Å². The molecule has 32 heavy (non-hydrogen) atoms. The predicted molar refractivity (Wildman–Crippen MR) is 117 cm³/mol. The van der Waals surface area contributed by atoms with Gasteiger partial charge in [-0.25, -0.2) is 14.4 Å². The van der Waals surface area contributed by atoms with Crippen LogP contribution in [0.3, 0.4) is 0 Å². The molecule has 0 aliphatic heterocycles. The number of methoxy groups -OCH3 is 1. The lowest BCUT2D eigenvalue weighted by atomic mass is 10.1. The van der Waals surface area contributed by atoms with Crippen molar-refractivity contribution in [2.75, 3.05) is 19.0 Å². The third-order valence-electron chi connectivity index (χ3n) is 5.73. The fourth-order valence-electron chi connectivity index (χ4n) is 4.04. The molecule has 2 N–H and O–H groups in total. The van der Waals surface area contributed by atoms with Gasteiger partial charge in [0.05, 0.1) is 37.3 Å². The first-order valence-electron chi connectivity index (χ1n) is 10.6. The van der Waals surface area contributed by atoms with Gasteiger partial charge in [0.2, 0.25) is 5.95 Å². The van der Waals surface area contributed by atoms with E-state index in [-0.39, 0.29) is 18.0 Å². The molecular formula is C22H24FN7O2. The molecule has 0 spiro atoms. The summed E-state index contributed by atoms with van der Waals surface area (Å²) in [5.74, 6) is 0.113. The van der Waals surface area contributed by atoms with Gasteiger partial charge in [-0.2, -0.15) is 10.1 Å². The molecule has 0 bridgehead atoms. The SMILES string of the molecule is COCCn1cc(-c2ccc(-n3cnc4cnc(N[C@H]5CC[C@H](O)C5)nc43)cc2F)cn1. The van der Waals surface area contributed by atoms with E-state index in [0.717, 1.165) is 12.8 Å². The first-order valence-corrected chi connectivity index (χ1v) is 10.6. The fraction of sp³-hybridized carbons (Fsp3) is 0.364. The largest absolute Gasteiger partial charge is 0.393 e. The van der Waals surface area contributed by atoms with Crippen LogP contribution >= 0.6 is 0 Å². The number of aromatic nitrogens is 6. The van der Waals surface area contributed by atoms with Gasteiger partial charge in [0.1, 0.15) is 17.7 Å². The van der Waals surface area contributed by atoms with E-state index in [1.54, 1.807) is 47.3 Å². The van der Waals surface area contributed by atoms with Gasteiger partial charge in [0, 0.05) is 30.5 Å². The lowest BCUT2D eigenvalue weighted by Crippen LogP contribution is -2.18. The number of anilines is 1. The van der Waals surface area contributed by atoms with E-state index < -0.39 is 0 Å². The molecule has 10 heteroatoms. The summed E-state index contributed by atoms with van der Waals surface area (Å²) in [7, 11) is 1.63. The van der Waals surface area contributed by atoms with Crippen molar-refractivity contribution in [3.63, 3.8) is 0 Å². The summed E-state index contributed by atoms with van der Waals surface area (Å²) < 4.78 is 23.5. The second-order valence-corrected chi connectivity index (χ2v) is 7.97. The molecular weight excluding hydrogens is 413 g/mol. The molecule has 3 heterocycles. The van der Waals surface area contributed by atoms with Crippen molar-refractivity contribution in [1.29, 1.82) is 0 Å². The number of ether oxygens (including phenoxy) is 1. The number of nitrogens with zero attached hydrogens (tertiary/aromatic N) is 6. The Morgan fingerprint density at radius 1 is 1.25 bits per heavy atom. The van der Waals surface area contributed by atoms with Crippen molar-refractivity contribution in [3.05, 3.63) is 48.9 Å². The molecule has 2 atom stereocenters. The van der Waals surface area contributed by atoms with Crippen LogP contribution in [0.15, 0.2) is 43.1 Å². The molecule has 0 saturated heterocycles. The summed E-state index contributed by atoms with van der Waals surface area (Å²) in [4.78, 5) is 13.3. The van der Waals surface area contributed by atoms with Crippen LogP contribution in [-0.4, -0.2) is 60.3 Å². The van der Waals surface area contributed by atoms with Gasteiger partial charge < -0.3 is 15.2 Å². The zero-order valence-electron chi connectivity index (χ0n) is 17.6. The maximum absolute atomic E-state index is 15.0. The Balaban J connectivity index is 1.41. The normalized spacial score (nSPS) is 18.5. The van der Waals surface area contributed by atoms with E-state index in [0.29, 0.717) is 53.5 Å². The first-order chi connectivity index (χ1) is 15.6. The molecule has 1 saturated carbocycles. The van der Waals surface area contributed by atoms with E-state index in [2.05, 4.69) is 25.4 Å². The minimum Gasteiger partial charge on any atom is -0.393 e. The van der Waals surface area contributed by atoms with Crippen LogP contribution in [0.4, 0.5) is 10.3 Å². The highest BCUT2D eigenvalue weighted by Crippen LogP contribution is 2.27. The van der Waals surface area contributed by atoms with E-state index >= 15 is 4.39 Å². The third kappa shape index (κ3) is 4.06. The Bertz CT molecular complexity index is 1240. The average Bonchev–Trinajstić information content (AvgIpc) is 3.52. The first kappa shape index (κ1) is 20.5. The van der Waals surface area contributed by atoms with Crippen molar-refractivity contribution < 1.29 is 14.2 Å².